The average molecular weight is 273 g/mol. The fourth-order valence-electron chi connectivity index (χ4n) is 1.69. The number of benzene rings is 2. The van der Waals surface area contributed by atoms with E-state index in [4.69, 9.17) is 5.26 Å². The second-order valence-electron chi connectivity index (χ2n) is 4.19. The van der Waals surface area contributed by atoms with Crippen LogP contribution in [0.2, 0.25) is 0 Å². The van der Waals surface area contributed by atoms with E-state index in [0.717, 1.165) is 5.56 Å². The summed E-state index contributed by atoms with van der Waals surface area (Å²) in [7, 11) is -1.31. The van der Waals surface area contributed by atoms with Crippen molar-refractivity contribution in [3.63, 3.8) is 0 Å². The van der Waals surface area contributed by atoms with Gasteiger partial charge in [0.25, 0.3) is 0 Å². The zero-order valence-corrected chi connectivity index (χ0v) is 11.2. The van der Waals surface area contributed by atoms with Gasteiger partial charge in [0.1, 0.15) is 11.9 Å². The standard InChI is InChI=1S/C15H12FNOS/c1-11-5-7-14(8-6-11)19(18)10-13-4-2-3-12(9-17)15(13)16/h2-8H,10H2,1H3. The molecule has 0 spiro atoms. The van der Waals surface area contributed by atoms with Crippen LogP contribution < -0.4 is 0 Å². The van der Waals surface area contributed by atoms with Crippen LogP contribution >= 0.6 is 0 Å². The lowest BCUT2D eigenvalue weighted by molar-refractivity contribution is 0.611. The van der Waals surface area contributed by atoms with Crippen LogP contribution in [0.4, 0.5) is 4.39 Å². The Kier molecular flexibility index (Phi) is 4.08. The molecule has 1 unspecified atom stereocenters. The van der Waals surface area contributed by atoms with Gasteiger partial charge in [0.05, 0.1) is 22.1 Å². The summed E-state index contributed by atoms with van der Waals surface area (Å²) in [5, 5.41) is 8.76. The molecule has 19 heavy (non-hydrogen) atoms. The Bertz CT molecular complexity index is 659. The quantitative estimate of drug-likeness (QED) is 0.860. The van der Waals surface area contributed by atoms with Crippen molar-refractivity contribution in [3.8, 4) is 6.07 Å². The maximum Gasteiger partial charge on any atom is 0.145 e. The zero-order chi connectivity index (χ0) is 13.8. The predicted octanol–water partition coefficient (Wildman–Crippen LogP) is 3.31. The summed E-state index contributed by atoms with van der Waals surface area (Å²) < 4.78 is 26.0. The molecule has 96 valence electrons. The van der Waals surface area contributed by atoms with Gasteiger partial charge in [-0.1, -0.05) is 29.8 Å². The minimum absolute atomic E-state index is 0.0154. The van der Waals surface area contributed by atoms with Gasteiger partial charge in [-0.05, 0) is 25.1 Å². The van der Waals surface area contributed by atoms with Crippen LogP contribution in [0.5, 0.6) is 0 Å². The molecule has 0 N–H and O–H groups in total. The molecule has 0 amide bonds. The highest BCUT2D eigenvalue weighted by Gasteiger charge is 2.11. The van der Waals surface area contributed by atoms with Crippen molar-refractivity contribution in [1.82, 2.24) is 0 Å². The molecule has 1 atom stereocenters. The summed E-state index contributed by atoms with van der Waals surface area (Å²) in [6.07, 6.45) is 0. The first-order chi connectivity index (χ1) is 9.11. The topological polar surface area (TPSA) is 40.9 Å². The molecule has 2 nitrogen and oxygen atoms in total. The van der Waals surface area contributed by atoms with Crippen molar-refractivity contribution in [2.45, 2.75) is 17.6 Å². The largest absolute Gasteiger partial charge is 0.254 e. The van der Waals surface area contributed by atoms with Crippen LogP contribution in [0.15, 0.2) is 47.4 Å². The molecule has 2 rings (SSSR count). The SMILES string of the molecule is Cc1ccc(S(=O)Cc2cccc(C#N)c2F)cc1. The van der Waals surface area contributed by atoms with E-state index in [-0.39, 0.29) is 11.3 Å². The molecule has 0 heterocycles. The van der Waals surface area contributed by atoms with Gasteiger partial charge in [0.15, 0.2) is 0 Å². The molecule has 0 aromatic heterocycles. The third-order valence-corrected chi connectivity index (χ3v) is 4.14. The molecule has 0 saturated carbocycles. The Morgan fingerprint density at radius 2 is 1.89 bits per heavy atom. The normalized spacial score (nSPS) is 11.8. The Hall–Kier alpha value is -1.99. The molecule has 0 fully saturated rings. The van der Waals surface area contributed by atoms with Crippen LogP contribution in [0.1, 0.15) is 16.7 Å². The Balaban J connectivity index is 2.25. The van der Waals surface area contributed by atoms with E-state index in [2.05, 4.69) is 0 Å². The smallest absolute Gasteiger partial charge is 0.145 e. The summed E-state index contributed by atoms with van der Waals surface area (Å²) in [5.74, 6) is -0.504. The number of nitrogens with zero attached hydrogens (tertiary/aromatic N) is 1. The molecule has 4 heteroatoms. The Morgan fingerprint density at radius 1 is 1.21 bits per heavy atom. The summed E-state index contributed by atoms with van der Waals surface area (Å²) in [4.78, 5) is 0.660. The van der Waals surface area contributed by atoms with Crippen molar-refractivity contribution >= 4 is 10.8 Å². The van der Waals surface area contributed by atoms with Crippen LogP contribution in [-0.2, 0) is 16.6 Å². The highest BCUT2D eigenvalue weighted by molar-refractivity contribution is 7.84. The Morgan fingerprint density at radius 3 is 2.53 bits per heavy atom. The minimum atomic E-state index is -1.31. The first kappa shape index (κ1) is 13.4. The third kappa shape index (κ3) is 3.07. The summed E-state index contributed by atoms with van der Waals surface area (Å²) >= 11 is 0. The van der Waals surface area contributed by atoms with Gasteiger partial charge in [-0.25, -0.2) is 4.39 Å². The van der Waals surface area contributed by atoms with E-state index in [1.54, 1.807) is 30.3 Å². The van der Waals surface area contributed by atoms with Gasteiger partial charge in [-0.3, -0.25) is 4.21 Å². The monoisotopic (exact) mass is 273 g/mol. The first-order valence-corrected chi connectivity index (χ1v) is 7.06. The van der Waals surface area contributed by atoms with Crippen LogP contribution in [0, 0.1) is 24.1 Å². The van der Waals surface area contributed by atoms with Crippen molar-refractivity contribution in [2.75, 3.05) is 0 Å². The molecule has 2 aromatic rings. The third-order valence-electron chi connectivity index (χ3n) is 2.77. The molecular formula is C15H12FNOS. The zero-order valence-electron chi connectivity index (χ0n) is 10.4. The highest BCUT2D eigenvalue weighted by Crippen LogP contribution is 2.17. The van der Waals surface area contributed by atoms with E-state index in [1.165, 1.54) is 6.07 Å². The summed E-state index contributed by atoms with van der Waals surface area (Å²) in [6, 6.07) is 13.6. The molecule has 2 aromatic carbocycles. The molecule has 0 saturated heterocycles. The van der Waals surface area contributed by atoms with Crippen LogP contribution in [-0.4, -0.2) is 4.21 Å². The molecule has 0 aliphatic carbocycles. The van der Waals surface area contributed by atoms with E-state index >= 15 is 0 Å². The van der Waals surface area contributed by atoms with E-state index < -0.39 is 16.6 Å². The summed E-state index contributed by atoms with van der Waals surface area (Å²) in [6.45, 7) is 1.95. The van der Waals surface area contributed by atoms with Crippen LogP contribution in [0.25, 0.3) is 0 Å². The number of rotatable bonds is 3. The van der Waals surface area contributed by atoms with Gasteiger partial charge in [0, 0.05) is 10.5 Å². The van der Waals surface area contributed by atoms with Crippen LogP contribution in [0.3, 0.4) is 0 Å². The van der Waals surface area contributed by atoms with Gasteiger partial charge >= 0.3 is 0 Å². The van der Waals surface area contributed by atoms with E-state index in [0.29, 0.717) is 10.5 Å². The number of hydrogen-bond donors (Lipinski definition) is 0. The number of hydrogen-bond acceptors (Lipinski definition) is 2. The maximum atomic E-state index is 13.9. The lowest BCUT2D eigenvalue weighted by Crippen LogP contribution is -2.00. The van der Waals surface area contributed by atoms with Gasteiger partial charge in [-0.2, -0.15) is 5.26 Å². The lowest BCUT2D eigenvalue weighted by Gasteiger charge is -2.05. The molecule has 0 bridgehead atoms. The second kappa shape index (κ2) is 5.77. The van der Waals surface area contributed by atoms with Crippen molar-refractivity contribution in [2.24, 2.45) is 0 Å². The predicted molar refractivity (Wildman–Crippen MR) is 72.4 cm³/mol. The fourth-order valence-corrected chi connectivity index (χ4v) is 2.80. The van der Waals surface area contributed by atoms with Gasteiger partial charge < -0.3 is 0 Å². The highest BCUT2D eigenvalue weighted by atomic mass is 32.2. The minimum Gasteiger partial charge on any atom is -0.254 e. The molecule has 0 aliphatic rings. The second-order valence-corrected chi connectivity index (χ2v) is 5.64. The number of halogens is 1. The van der Waals surface area contributed by atoms with Gasteiger partial charge in [0.2, 0.25) is 0 Å². The Labute approximate surface area is 114 Å². The lowest BCUT2D eigenvalue weighted by atomic mass is 10.1. The van der Waals surface area contributed by atoms with Gasteiger partial charge in [-0.15, -0.1) is 0 Å². The molecule has 0 aliphatic heterocycles. The average Bonchev–Trinajstić information content (AvgIpc) is 2.42. The molecular weight excluding hydrogens is 261 g/mol. The van der Waals surface area contributed by atoms with Crippen molar-refractivity contribution in [3.05, 3.63) is 65.0 Å². The van der Waals surface area contributed by atoms with E-state index in [9.17, 15) is 8.60 Å². The number of nitriles is 1. The number of aryl methyl sites for hydroxylation is 1. The fraction of sp³-hybridized carbons (Fsp3) is 0.133. The molecule has 0 radical (unpaired) electrons. The van der Waals surface area contributed by atoms with E-state index in [1.807, 2.05) is 19.1 Å². The first-order valence-electron chi connectivity index (χ1n) is 5.74. The summed E-state index contributed by atoms with van der Waals surface area (Å²) in [5.41, 5.74) is 1.37. The maximum absolute atomic E-state index is 13.9. The van der Waals surface area contributed by atoms with Crippen molar-refractivity contribution < 1.29 is 8.60 Å². The van der Waals surface area contributed by atoms with Crippen molar-refractivity contribution in [1.29, 1.82) is 5.26 Å².